The van der Waals surface area contributed by atoms with E-state index in [2.05, 4.69) is 39.0 Å². The molecule has 0 aliphatic carbocycles. The maximum Gasteiger partial charge on any atom is 0.200 e. The molecule has 454 valence electrons. The number of hydrogen-bond donors (Lipinski definition) is 0. The summed E-state index contributed by atoms with van der Waals surface area (Å²) in [5.74, 6) is -22.7. The average molecular weight is 1400 g/mol. The Morgan fingerprint density at radius 2 is 0.878 bits per heavy atom. The topological polar surface area (TPSA) is 33.5 Å². The molecule has 5 nitrogen and oxygen atoms in total. The van der Waals surface area contributed by atoms with Gasteiger partial charge in [0.1, 0.15) is 5.82 Å². The first kappa shape index (κ1) is 60.8. The zero-order valence-corrected chi connectivity index (χ0v) is 51.0. The van der Waals surface area contributed by atoms with Crippen LogP contribution in [-0.4, -0.2) is 9.55 Å². The molecular weight excluding hydrogens is 1350 g/mol. The summed E-state index contributed by atoms with van der Waals surface area (Å²) in [7, 11) is 0. The Labute approximate surface area is 526 Å². The van der Waals surface area contributed by atoms with Crippen molar-refractivity contribution in [3.8, 4) is 73.0 Å². The second kappa shape index (κ2) is 23.2. The summed E-state index contributed by atoms with van der Waals surface area (Å²) in [4.78, 5) is 7.49. The Kier molecular flexibility index (Phi) is 15.6. The summed E-state index contributed by atoms with van der Waals surface area (Å²) in [6.07, 6.45) is 1.77. The number of rotatable bonds is 10. The van der Waals surface area contributed by atoms with Crippen LogP contribution in [0.4, 0.5) is 66.7 Å². The predicted octanol–water partition coefficient (Wildman–Crippen LogP) is 21.3. The fraction of sp³-hybridized carbons (Fsp3) is 0.108. The largest absolute Gasteiger partial charge is 0.509 e. The van der Waals surface area contributed by atoms with Gasteiger partial charge in [-0.05, 0) is 116 Å². The van der Waals surface area contributed by atoms with Gasteiger partial charge in [-0.3, -0.25) is 0 Å². The van der Waals surface area contributed by atoms with E-state index in [1.807, 2.05) is 120 Å². The van der Waals surface area contributed by atoms with E-state index in [0.717, 1.165) is 61.1 Å². The van der Waals surface area contributed by atoms with Crippen LogP contribution in [0.3, 0.4) is 0 Å². The van der Waals surface area contributed by atoms with Gasteiger partial charge in [0.15, 0.2) is 46.5 Å². The molecule has 0 bridgehead atoms. The number of benzene rings is 10. The molecule has 0 N–H and O–H groups in total. The van der Waals surface area contributed by atoms with E-state index in [1.165, 1.54) is 23.7 Å². The van der Waals surface area contributed by atoms with Gasteiger partial charge >= 0.3 is 0 Å². The zero-order chi connectivity index (χ0) is 62.5. The summed E-state index contributed by atoms with van der Waals surface area (Å²) in [6.45, 7) is 12.3. The van der Waals surface area contributed by atoms with Crippen LogP contribution in [0.15, 0.2) is 182 Å². The van der Waals surface area contributed by atoms with Crippen LogP contribution in [0.5, 0.6) is 11.5 Å². The van der Waals surface area contributed by atoms with Gasteiger partial charge in [-0.15, -0.1) is 53.6 Å². The van der Waals surface area contributed by atoms with Gasteiger partial charge < -0.3 is 19.1 Å². The third-order valence-corrected chi connectivity index (χ3v) is 16.0. The van der Waals surface area contributed by atoms with Crippen LogP contribution in [0.25, 0.3) is 83.3 Å². The number of aromatic nitrogens is 2. The number of para-hydroxylation sites is 3. The van der Waals surface area contributed by atoms with Crippen LogP contribution >= 0.6 is 0 Å². The third-order valence-electron chi connectivity index (χ3n) is 16.0. The van der Waals surface area contributed by atoms with E-state index in [0.29, 0.717) is 22.5 Å². The Bertz CT molecular complexity index is 4640. The van der Waals surface area contributed by atoms with Crippen molar-refractivity contribution >= 4 is 44.6 Å². The van der Waals surface area contributed by atoms with Crippen molar-refractivity contribution in [3.05, 3.63) is 270 Å². The fourth-order valence-electron chi connectivity index (χ4n) is 11.4. The van der Waals surface area contributed by atoms with Gasteiger partial charge in [0.25, 0.3) is 0 Å². The van der Waals surface area contributed by atoms with E-state index in [9.17, 15) is 8.78 Å². The predicted molar refractivity (Wildman–Crippen MR) is 328 cm³/mol. The van der Waals surface area contributed by atoms with Gasteiger partial charge in [-0.1, -0.05) is 138 Å². The zero-order valence-electron chi connectivity index (χ0n) is 48.7. The quantitative estimate of drug-likeness (QED) is 0.0591. The molecule has 0 unspecified atom stereocenters. The number of fused-ring (bicyclic) bond motifs is 4. The van der Waals surface area contributed by atoms with Crippen molar-refractivity contribution < 1.29 is 69.7 Å². The summed E-state index contributed by atoms with van der Waals surface area (Å²) in [5.41, 5.74) is 0.809. The number of ether oxygens (including phenoxy) is 1. The van der Waals surface area contributed by atoms with E-state index in [-0.39, 0.29) is 60.6 Å². The normalized spacial score (nSPS) is 12.5. The van der Waals surface area contributed by atoms with Crippen molar-refractivity contribution in [1.82, 2.24) is 9.55 Å². The maximum atomic E-state index is 16.6. The molecule has 1 aliphatic rings. The molecule has 0 saturated heterocycles. The number of hydrogen-bond acceptors (Lipinski definition) is 4. The molecule has 90 heavy (non-hydrogen) atoms. The molecule has 13 rings (SSSR count). The maximum absolute atomic E-state index is 16.6. The molecular formula is C74H49F10N4OPt-3. The summed E-state index contributed by atoms with van der Waals surface area (Å²) in [6, 6.07) is 59.9. The fourth-order valence-corrected chi connectivity index (χ4v) is 11.4. The first-order chi connectivity index (χ1) is 42.5. The van der Waals surface area contributed by atoms with Gasteiger partial charge in [-0.25, -0.2) is 48.9 Å². The molecule has 16 heteroatoms. The molecule has 0 spiro atoms. The van der Waals surface area contributed by atoms with Crippen molar-refractivity contribution in [2.75, 3.05) is 9.80 Å². The van der Waals surface area contributed by atoms with Gasteiger partial charge in [-0.2, -0.15) is 6.07 Å². The van der Waals surface area contributed by atoms with Gasteiger partial charge in [0.2, 0.25) is 11.6 Å². The van der Waals surface area contributed by atoms with E-state index in [4.69, 9.17) is 9.72 Å². The monoisotopic (exact) mass is 1390 g/mol. The molecule has 0 saturated carbocycles. The van der Waals surface area contributed by atoms with Crippen LogP contribution < -0.4 is 14.5 Å². The molecule has 0 radical (unpaired) electrons. The van der Waals surface area contributed by atoms with E-state index >= 15 is 35.1 Å². The molecule has 1 aliphatic heterocycles. The minimum atomic E-state index is -2.50. The molecule has 0 amide bonds. The minimum Gasteiger partial charge on any atom is -0.509 e. The Balaban J connectivity index is 0.00000785. The second-order valence-electron chi connectivity index (χ2n) is 23.7. The minimum absolute atomic E-state index is 0. The van der Waals surface area contributed by atoms with Crippen LogP contribution in [-0.2, 0) is 31.9 Å². The molecule has 10 aromatic carbocycles. The third kappa shape index (κ3) is 10.6. The SMILES string of the molecule is CC(C)(C)c1ccnc(-n2c3[c-]c(Oc4[c-]c(N5[CH-]N(c6c(-c7c(F)c(F)c(F)c(F)c7F)cc(C(C)(C)C)cc6-c6c(F)c(F)c(F)c(F)c6F)c6ccccc65)cc(-c5cc(-c6ccccc6)cc(-c6ccccc6)c5)c4)ccc3c3ccccc32)c1.[Pt]. The van der Waals surface area contributed by atoms with Gasteiger partial charge in [0.05, 0.1) is 11.1 Å². The van der Waals surface area contributed by atoms with E-state index < -0.39 is 91.5 Å². The molecule has 3 heterocycles. The van der Waals surface area contributed by atoms with Crippen LogP contribution in [0, 0.1) is 77.0 Å². The van der Waals surface area contributed by atoms with Crippen LogP contribution in [0.1, 0.15) is 52.7 Å². The molecule has 0 atom stereocenters. The summed E-state index contributed by atoms with van der Waals surface area (Å²) < 4.78 is 168. The van der Waals surface area contributed by atoms with E-state index in [1.54, 1.807) is 57.3 Å². The van der Waals surface area contributed by atoms with Gasteiger partial charge in [0, 0.05) is 72.5 Å². The smallest absolute Gasteiger partial charge is 0.200 e. The number of anilines is 4. The average Bonchev–Trinajstić information content (AvgIpc) is 1.44. The van der Waals surface area contributed by atoms with Crippen molar-refractivity contribution in [2.24, 2.45) is 0 Å². The molecule has 12 aromatic rings. The number of nitrogens with zero attached hydrogens (tertiary/aromatic N) is 4. The first-order valence-electron chi connectivity index (χ1n) is 28.2. The Hall–Kier alpha value is -9.46. The van der Waals surface area contributed by atoms with Crippen LogP contribution in [0.2, 0.25) is 0 Å². The molecule has 2 aromatic heterocycles. The summed E-state index contributed by atoms with van der Waals surface area (Å²) in [5, 5.41) is 1.79. The summed E-state index contributed by atoms with van der Waals surface area (Å²) >= 11 is 0. The number of halogens is 10. The second-order valence-corrected chi connectivity index (χ2v) is 23.7. The van der Waals surface area contributed by atoms with Crippen molar-refractivity contribution in [1.29, 1.82) is 0 Å². The standard InChI is InChI=1S/C74H49F10N4O.Pt/c1-73(2,3)46-27-28-85-59(36-46)88-55-22-14-13-21-51(55)52-26-25-49(38-58(52)88)89-50-33-45(44-30-42(40-17-9-7-10-18-40)29-43(31-44)41-19-11-8-12-20-41)32-48(37-50)86-39-87(57-24-16-15-23-56(57)86)72-53(60-62(75)66(79)70(83)67(80)63(60)76)34-47(74(4,5)6)35-54(72)61-64(77)68(81)71(84)69(82)65(61)78;/h7-36,39H,1-6H3;/q-3;. The Morgan fingerprint density at radius 1 is 0.411 bits per heavy atom. The van der Waals surface area contributed by atoms with Crippen molar-refractivity contribution in [2.45, 2.75) is 52.4 Å². The first-order valence-corrected chi connectivity index (χ1v) is 28.2. The Morgan fingerprint density at radius 3 is 1.41 bits per heavy atom. The van der Waals surface area contributed by atoms with Crippen molar-refractivity contribution in [3.63, 3.8) is 0 Å². The number of pyridine rings is 1. The molecule has 0 fully saturated rings.